The van der Waals surface area contributed by atoms with Crippen LogP contribution in [0.5, 0.6) is 0 Å². The molecule has 0 bridgehead atoms. The molecule has 24 heavy (non-hydrogen) atoms. The normalized spacial score (nSPS) is 10.2. The van der Waals surface area contributed by atoms with Crippen molar-refractivity contribution in [3.05, 3.63) is 58.1 Å². The quantitative estimate of drug-likeness (QED) is 0.792. The molecular formula is C18H19BrN2O3. The summed E-state index contributed by atoms with van der Waals surface area (Å²) in [5, 5.41) is 2.70. The van der Waals surface area contributed by atoms with Crippen molar-refractivity contribution in [2.75, 3.05) is 30.9 Å². The van der Waals surface area contributed by atoms with Crippen LogP contribution in [0.25, 0.3) is 0 Å². The number of anilines is 2. The van der Waals surface area contributed by atoms with Gasteiger partial charge in [-0.1, -0.05) is 15.9 Å². The number of halogens is 1. The van der Waals surface area contributed by atoms with Gasteiger partial charge in [-0.2, -0.15) is 0 Å². The summed E-state index contributed by atoms with van der Waals surface area (Å²) in [5.41, 5.74) is 3.06. The summed E-state index contributed by atoms with van der Waals surface area (Å²) in [4.78, 5) is 25.8. The van der Waals surface area contributed by atoms with Crippen molar-refractivity contribution in [1.29, 1.82) is 0 Å². The van der Waals surface area contributed by atoms with Gasteiger partial charge in [0.1, 0.15) is 0 Å². The average Bonchev–Trinajstić information content (AvgIpc) is 2.56. The molecule has 2 aromatic carbocycles. The van der Waals surface area contributed by atoms with E-state index < -0.39 is 5.97 Å². The molecule has 5 nitrogen and oxygen atoms in total. The molecule has 0 unspecified atom stereocenters. The monoisotopic (exact) mass is 390 g/mol. The maximum atomic E-state index is 12.0. The SMILES string of the molecule is Cc1cc(NC(=O)COC(=O)c2ccc(N(C)C)cc2)ccc1Br. The summed E-state index contributed by atoms with van der Waals surface area (Å²) < 4.78 is 6.01. The first-order valence-electron chi connectivity index (χ1n) is 7.37. The fraction of sp³-hybridized carbons (Fsp3) is 0.222. The molecule has 0 saturated carbocycles. The summed E-state index contributed by atoms with van der Waals surface area (Å²) >= 11 is 3.40. The van der Waals surface area contributed by atoms with Gasteiger partial charge < -0.3 is 15.0 Å². The highest BCUT2D eigenvalue weighted by Crippen LogP contribution is 2.20. The van der Waals surface area contributed by atoms with Gasteiger partial charge in [0.15, 0.2) is 6.61 Å². The van der Waals surface area contributed by atoms with Crippen LogP contribution in [0.15, 0.2) is 46.9 Å². The first-order chi connectivity index (χ1) is 11.4. The van der Waals surface area contributed by atoms with E-state index in [0.29, 0.717) is 11.3 Å². The number of nitrogens with zero attached hydrogens (tertiary/aromatic N) is 1. The Morgan fingerprint density at radius 2 is 1.79 bits per heavy atom. The highest BCUT2D eigenvalue weighted by molar-refractivity contribution is 9.10. The number of benzene rings is 2. The minimum atomic E-state index is -0.526. The zero-order valence-electron chi connectivity index (χ0n) is 13.8. The lowest BCUT2D eigenvalue weighted by Gasteiger charge is -2.12. The summed E-state index contributed by atoms with van der Waals surface area (Å²) in [7, 11) is 3.84. The molecule has 2 rings (SSSR count). The Kier molecular flexibility index (Phi) is 5.98. The van der Waals surface area contributed by atoms with Crippen LogP contribution in [-0.2, 0) is 9.53 Å². The van der Waals surface area contributed by atoms with Crippen LogP contribution in [0.4, 0.5) is 11.4 Å². The summed E-state index contributed by atoms with van der Waals surface area (Å²) in [5.74, 6) is -0.905. The first-order valence-corrected chi connectivity index (χ1v) is 8.16. The fourth-order valence-corrected chi connectivity index (χ4v) is 2.28. The third kappa shape index (κ3) is 4.83. The predicted octanol–water partition coefficient (Wildman–Crippen LogP) is 3.62. The zero-order valence-corrected chi connectivity index (χ0v) is 15.4. The van der Waals surface area contributed by atoms with Crippen molar-refractivity contribution < 1.29 is 14.3 Å². The first kappa shape index (κ1) is 18.0. The molecule has 0 aliphatic rings. The Morgan fingerprint density at radius 1 is 1.12 bits per heavy atom. The number of carbonyl (C=O) groups excluding carboxylic acids is 2. The molecule has 2 aromatic rings. The van der Waals surface area contributed by atoms with Crippen molar-refractivity contribution in [2.45, 2.75) is 6.92 Å². The van der Waals surface area contributed by atoms with Crippen LogP contribution in [0.3, 0.4) is 0 Å². The highest BCUT2D eigenvalue weighted by atomic mass is 79.9. The molecule has 0 saturated heterocycles. The number of hydrogen-bond acceptors (Lipinski definition) is 4. The molecule has 0 aromatic heterocycles. The van der Waals surface area contributed by atoms with Crippen LogP contribution in [-0.4, -0.2) is 32.6 Å². The second-order valence-corrected chi connectivity index (χ2v) is 6.38. The van der Waals surface area contributed by atoms with Crippen molar-refractivity contribution in [3.8, 4) is 0 Å². The fourth-order valence-electron chi connectivity index (χ4n) is 2.03. The van der Waals surface area contributed by atoms with Crippen LogP contribution < -0.4 is 10.2 Å². The number of amides is 1. The van der Waals surface area contributed by atoms with Crippen LogP contribution in [0, 0.1) is 6.92 Å². The summed E-state index contributed by atoms with van der Waals surface area (Å²) in [6, 6.07) is 12.5. The minimum Gasteiger partial charge on any atom is -0.452 e. The van der Waals surface area contributed by atoms with E-state index in [1.54, 1.807) is 18.2 Å². The Hall–Kier alpha value is -2.34. The van der Waals surface area contributed by atoms with Gasteiger partial charge in [0.25, 0.3) is 5.91 Å². The highest BCUT2D eigenvalue weighted by Gasteiger charge is 2.11. The van der Waals surface area contributed by atoms with Crippen LogP contribution in [0.2, 0.25) is 0 Å². The third-order valence-corrected chi connectivity index (χ3v) is 4.29. The van der Waals surface area contributed by atoms with Crippen LogP contribution in [0.1, 0.15) is 15.9 Å². The van der Waals surface area contributed by atoms with E-state index in [1.165, 1.54) is 0 Å². The Bertz CT molecular complexity index is 742. The van der Waals surface area contributed by atoms with Crippen molar-refractivity contribution in [2.24, 2.45) is 0 Å². The molecule has 0 radical (unpaired) electrons. The number of aryl methyl sites for hydroxylation is 1. The van der Waals surface area contributed by atoms with Gasteiger partial charge in [0.2, 0.25) is 0 Å². The smallest absolute Gasteiger partial charge is 0.338 e. The van der Waals surface area contributed by atoms with E-state index in [1.807, 2.05) is 50.2 Å². The molecule has 1 amide bonds. The van der Waals surface area contributed by atoms with Gasteiger partial charge in [-0.3, -0.25) is 4.79 Å². The number of rotatable bonds is 5. The lowest BCUT2D eigenvalue weighted by atomic mass is 10.2. The Morgan fingerprint density at radius 3 is 2.38 bits per heavy atom. The molecule has 0 atom stereocenters. The molecule has 0 aliphatic heterocycles. The number of nitrogens with one attached hydrogen (secondary N) is 1. The predicted molar refractivity (Wildman–Crippen MR) is 98.6 cm³/mol. The van der Waals surface area contributed by atoms with Crippen LogP contribution >= 0.6 is 15.9 Å². The molecule has 0 heterocycles. The van der Waals surface area contributed by atoms with E-state index in [2.05, 4.69) is 21.2 Å². The maximum Gasteiger partial charge on any atom is 0.338 e. The van der Waals surface area contributed by atoms with Crippen molar-refractivity contribution in [3.63, 3.8) is 0 Å². The van der Waals surface area contributed by atoms with Crippen molar-refractivity contribution in [1.82, 2.24) is 0 Å². The van der Waals surface area contributed by atoms with E-state index >= 15 is 0 Å². The second kappa shape index (κ2) is 7.97. The summed E-state index contributed by atoms with van der Waals surface area (Å²) in [6.07, 6.45) is 0. The van der Waals surface area contributed by atoms with E-state index in [0.717, 1.165) is 15.7 Å². The Labute approximate surface area is 149 Å². The zero-order chi connectivity index (χ0) is 17.7. The standard InChI is InChI=1S/C18H19BrN2O3/c1-12-10-14(6-9-16(12)19)20-17(22)11-24-18(23)13-4-7-15(8-5-13)21(2)3/h4-10H,11H2,1-3H3,(H,20,22). The van der Waals surface area contributed by atoms with Gasteiger partial charge in [0.05, 0.1) is 5.56 Å². The Balaban J connectivity index is 1.88. The molecule has 0 aliphatic carbocycles. The minimum absolute atomic E-state index is 0.330. The van der Waals surface area contributed by atoms with E-state index in [4.69, 9.17) is 4.74 Å². The number of ether oxygens (including phenoxy) is 1. The third-order valence-electron chi connectivity index (χ3n) is 3.40. The number of esters is 1. The van der Waals surface area contributed by atoms with Gasteiger partial charge in [0, 0.05) is 29.9 Å². The number of carbonyl (C=O) groups is 2. The molecular weight excluding hydrogens is 372 g/mol. The topological polar surface area (TPSA) is 58.6 Å². The van der Waals surface area contributed by atoms with Gasteiger partial charge in [-0.05, 0) is 55.0 Å². The van der Waals surface area contributed by atoms with E-state index in [-0.39, 0.29) is 12.5 Å². The largest absolute Gasteiger partial charge is 0.452 e. The molecule has 0 fully saturated rings. The summed E-state index contributed by atoms with van der Waals surface area (Å²) in [6.45, 7) is 1.60. The average molecular weight is 391 g/mol. The van der Waals surface area contributed by atoms with Gasteiger partial charge in [-0.15, -0.1) is 0 Å². The van der Waals surface area contributed by atoms with E-state index in [9.17, 15) is 9.59 Å². The lowest BCUT2D eigenvalue weighted by molar-refractivity contribution is -0.119. The molecule has 1 N–H and O–H groups in total. The second-order valence-electron chi connectivity index (χ2n) is 5.53. The molecule has 126 valence electrons. The maximum absolute atomic E-state index is 12.0. The van der Waals surface area contributed by atoms with Gasteiger partial charge >= 0.3 is 5.97 Å². The molecule has 6 heteroatoms. The van der Waals surface area contributed by atoms with Crippen molar-refractivity contribution >= 4 is 39.2 Å². The number of hydrogen-bond donors (Lipinski definition) is 1. The van der Waals surface area contributed by atoms with Gasteiger partial charge in [-0.25, -0.2) is 4.79 Å². The lowest BCUT2D eigenvalue weighted by Crippen LogP contribution is -2.21. The molecule has 0 spiro atoms.